The Bertz CT molecular complexity index is 1000. The van der Waals surface area contributed by atoms with Crippen LogP contribution in [0.4, 0.5) is 10.5 Å². The van der Waals surface area contributed by atoms with Crippen molar-refractivity contribution >= 4 is 34.9 Å². The average molecular weight is 416 g/mol. The van der Waals surface area contributed by atoms with Gasteiger partial charge in [-0.3, -0.25) is 0 Å². The predicted octanol–water partition coefficient (Wildman–Crippen LogP) is 5.44. The Morgan fingerprint density at radius 1 is 1.11 bits per heavy atom. The number of benzene rings is 2. The summed E-state index contributed by atoms with van der Waals surface area (Å²) in [5.74, 6) is 0.736. The first kappa shape index (κ1) is 18.7. The number of nitrogens with zero attached hydrogens (tertiary/aromatic N) is 2. The van der Waals surface area contributed by atoms with Crippen molar-refractivity contribution in [2.24, 2.45) is 0 Å². The Labute approximate surface area is 173 Å². The van der Waals surface area contributed by atoms with E-state index in [1.54, 1.807) is 24.1 Å². The highest BCUT2D eigenvalue weighted by Gasteiger charge is 2.33. The smallest absolute Gasteiger partial charge is 0.322 e. The van der Waals surface area contributed by atoms with Gasteiger partial charge in [-0.05, 0) is 54.1 Å². The minimum absolute atomic E-state index is 0.186. The van der Waals surface area contributed by atoms with Gasteiger partial charge in [-0.15, -0.1) is 0 Å². The van der Waals surface area contributed by atoms with Gasteiger partial charge in [0.25, 0.3) is 0 Å². The van der Waals surface area contributed by atoms with E-state index >= 15 is 0 Å². The SMILES string of the molecule is COc1ccc(NC(=O)N2CCn3cccc3[C@@H]2c2ccc(Cl)cc2Cl)cc1. The average Bonchev–Trinajstić information content (AvgIpc) is 3.17. The van der Waals surface area contributed by atoms with Crippen LogP contribution in [0.1, 0.15) is 17.3 Å². The van der Waals surface area contributed by atoms with E-state index in [0.29, 0.717) is 22.3 Å². The second-order valence-corrected chi connectivity index (χ2v) is 7.39. The zero-order valence-electron chi connectivity index (χ0n) is 15.2. The third-order valence-corrected chi connectivity index (χ3v) is 5.46. The Hall–Kier alpha value is -2.63. The van der Waals surface area contributed by atoms with Crippen molar-refractivity contribution in [2.75, 3.05) is 19.0 Å². The van der Waals surface area contributed by atoms with Crippen LogP contribution in [0.2, 0.25) is 10.0 Å². The number of rotatable bonds is 3. The molecule has 28 heavy (non-hydrogen) atoms. The van der Waals surface area contributed by atoms with Gasteiger partial charge in [0.15, 0.2) is 0 Å². The van der Waals surface area contributed by atoms with E-state index in [0.717, 1.165) is 23.6 Å². The molecule has 0 fully saturated rings. The van der Waals surface area contributed by atoms with E-state index < -0.39 is 0 Å². The molecule has 4 rings (SSSR count). The summed E-state index contributed by atoms with van der Waals surface area (Å²) in [6.45, 7) is 1.29. The lowest BCUT2D eigenvalue weighted by molar-refractivity contribution is 0.182. The van der Waals surface area contributed by atoms with Gasteiger partial charge in [0, 0.05) is 40.7 Å². The van der Waals surface area contributed by atoms with E-state index in [9.17, 15) is 4.79 Å². The van der Waals surface area contributed by atoms with Gasteiger partial charge in [-0.1, -0.05) is 29.3 Å². The van der Waals surface area contributed by atoms with Gasteiger partial charge < -0.3 is 19.5 Å². The number of aromatic nitrogens is 1. The zero-order chi connectivity index (χ0) is 19.7. The normalized spacial score (nSPS) is 15.8. The third-order valence-electron chi connectivity index (χ3n) is 4.90. The number of nitrogens with one attached hydrogen (secondary N) is 1. The highest BCUT2D eigenvalue weighted by Crippen LogP contribution is 2.37. The summed E-state index contributed by atoms with van der Waals surface area (Å²) >= 11 is 12.6. The molecule has 0 unspecified atom stereocenters. The lowest BCUT2D eigenvalue weighted by Crippen LogP contribution is -2.44. The number of fused-ring (bicyclic) bond motifs is 1. The van der Waals surface area contributed by atoms with Crippen molar-refractivity contribution in [3.63, 3.8) is 0 Å². The van der Waals surface area contributed by atoms with E-state index in [1.165, 1.54) is 0 Å². The van der Waals surface area contributed by atoms with Gasteiger partial charge in [-0.25, -0.2) is 4.79 Å². The number of halogens is 2. The monoisotopic (exact) mass is 415 g/mol. The first-order chi connectivity index (χ1) is 13.6. The van der Waals surface area contributed by atoms with Crippen molar-refractivity contribution in [2.45, 2.75) is 12.6 Å². The van der Waals surface area contributed by atoms with E-state index in [4.69, 9.17) is 27.9 Å². The van der Waals surface area contributed by atoms with Crippen LogP contribution in [-0.2, 0) is 6.54 Å². The summed E-state index contributed by atoms with van der Waals surface area (Å²) in [4.78, 5) is 14.9. The van der Waals surface area contributed by atoms with Crippen LogP contribution in [0, 0.1) is 0 Å². The summed E-state index contributed by atoms with van der Waals surface area (Å²) in [5.41, 5.74) is 2.56. The molecule has 1 atom stereocenters. The van der Waals surface area contributed by atoms with Crippen LogP contribution in [0.25, 0.3) is 0 Å². The zero-order valence-corrected chi connectivity index (χ0v) is 16.7. The quantitative estimate of drug-likeness (QED) is 0.618. The van der Waals surface area contributed by atoms with Gasteiger partial charge in [-0.2, -0.15) is 0 Å². The van der Waals surface area contributed by atoms with Crippen LogP contribution in [0.5, 0.6) is 5.75 Å². The standard InChI is InChI=1S/C21H19Cl2N3O2/c1-28-16-7-5-15(6-8-16)24-21(27)26-12-11-25-10-2-3-19(25)20(26)17-9-4-14(22)13-18(17)23/h2-10,13,20H,11-12H2,1H3,(H,24,27)/t20-/m0/s1. The number of urea groups is 1. The van der Waals surface area contributed by atoms with Crippen molar-refractivity contribution in [1.82, 2.24) is 9.47 Å². The van der Waals surface area contributed by atoms with Crippen molar-refractivity contribution < 1.29 is 9.53 Å². The fourth-order valence-electron chi connectivity index (χ4n) is 3.52. The lowest BCUT2D eigenvalue weighted by atomic mass is 10.00. The van der Waals surface area contributed by atoms with Crippen molar-refractivity contribution in [3.8, 4) is 5.75 Å². The van der Waals surface area contributed by atoms with Crippen LogP contribution in [-0.4, -0.2) is 29.2 Å². The summed E-state index contributed by atoms with van der Waals surface area (Å²) in [5, 5.41) is 4.07. The molecular weight excluding hydrogens is 397 g/mol. The Morgan fingerprint density at radius 3 is 2.61 bits per heavy atom. The molecule has 0 saturated carbocycles. The summed E-state index contributed by atoms with van der Waals surface area (Å²) in [7, 11) is 1.61. The lowest BCUT2D eigenvalue weighted by Gasteiger charge is -2.37. The number of amides is 2. The molecule has 0 saturated heterocycles. The Kier molecular flexibility index (Phi) is 5.20. The maximum absolute atomic E-state index is 13.1. The molecule has 0 spiro atoms. The molecule has 144 valence electrons. The molecule has 1 aromatic heterocycles. The van der Waals surface area contributed by atoms with E-state index in [1.807, 2.05) is 48.7 Å². The van der Waals surface area contributed by atoms with Gasteiger partial charge in [0.1, 0.15) is 11.8 Å². The maximum Gasteiger partial charge on any atom is 0.322 e. The molecule has 0 aliphatic carbocycles. The minimum atomic E-state index is -0.299. The molecule has 0 bridgehead atoms. The molecule has 2 heterocycles. The molecule has 1 N–H and O–H groups in total. The van der Waals surface area contributed by atoms with E-state index in [-0.39, 0.29) is 12.1 Å². The highest BCUT2D eigenvalue weighted by molar-refractivity contribution is 6.35. The number of ether oxygens (including phenoxy) is 1. The topological polar surface area (TPSA) is 46.5 Å². The molecule has 2 amide bonds. The highest BCUT2D eigenvalue weighted by atomic mass is 35.5. The first-order valence-corrected chi connectivity index (χ1v) is 9.64. The molecular formula is C21H19Cl2N3O2. The molecule has 2 aromatic carbocycles. The fourth-order valence-corrected chi connectivity index (χ4v) is 4.03. The van der Waals surface area contributed by atoms with Crippen LogP contribution >= 0.6 is 23.2 Å². The minimum Gasteiger partial charge on any atom is -0.497 e. The largest absolute Gasteiger partial charge is 0.497 e. The molecule has 1 aliphatic rings. The summed E-state index contributed by atoms with van der Waals surface area (Å²) < 4.78 is 7.31. The summed E-state index contributed by atoms with van der Waals surface area (Å²) in [6, 6.07) is 16.1. The number of methoxy groups -OCH3 is 1. The van der Waals surface area contributed by atoms with Crippen LogP contribution < -0.4 is 10.1 Å². The summed E-state index contributed by atoms with van der Waals surface area (Å²) in [6.07, 6.45) is 2.02. The molecule has 1 aliphatic heterocycles. The second kappa shape index (κ2) is 7.78. The van der Waals surface area contributed by atoms with Crippen molar-refractivity contribution in [3.05, 3.63) is 82.1 Å². The Balaban J connectivity index is 1.67. The van der Waals surface area contributed by atoms with Gasteiger partial charge in [0.05, 0.1) is 7.11 Å². The van der Waals surface area contributed by atoms with Crippen molar-refractivity contribution in [1.29, 1.82) is 0 Å². The van der Waals surface area contributed by atoms with E-state index in [2.05, 4.69) is 9.88 Å². The Morgan fingerprint density at radius 2 is 1.89 bits per heavy atom. The molecule has 0 radical (unpaired) electrons. The number of carbonyl (C=O) groups excluding carboxylic acids is 1. The van der Waals surface area contributed by atoms with Crippen LogP contribution in [0.15, 0.2) is 60.8 Å². The molecule has 7 heteroatoms. The third kappa shape index (κ3) is 3.55. The number of carbonyl (C=O) groups is 1. The maximum atomic E-state index is 13.1. The number of anilines is 1. The van der Waals surface area contributed by atoms with Gasteiger partial charge in [0.2, 0.25) is 0 Å². The predicted molar refractivity (Wildman–Crippen MR) is 111 cm³/mol. The van der Waals surface area contributed by atoms with Crippen LogP contribution in [0.3, 0.4) is 0 Å². The number of hydrogen-bond acceptors (Lipinski definition) is 2. The number of hydrogen-bond donors (Lipinski definition) is 1. The fraction of sp³-hybridized carbons (Fsp3) is 0.190. The molecule has 3 aromatic rings. The second-order valence-electron chi connectivity index (χ2n) is 6.55. The first-order valence-electron chi connectivity index (χ1n) is 8.88. The molecule has 5 nitrogen and oxygen atoms in total. The van der Waals surface area contributed by atoms with Gasteiger partial charge >= 0.3 is 6.03 Å².